The van der Waals surface area contributed by atoms with Gasteiger partial charge in [0.05, 0.1) is 0 Å². The van der Waals surface area contributed by atoms with Crippen molar-refractivity contribution in [1.82, 2.24) is 0 Å². The molecule has 0 bridgehead atoms. The molecule has 1 atom stereocenters. The SMILES string of the molecule is C=C(CC)CC(=O)C1CCc2ccccc21. The molecule has 0 N–H and O–H groups in total. The Balaban J connectivity index is 2.13. The predicted molar refractivity (Wildman–Crippen MR) is 66.6 cm³/mol. The lowest BCUT2D eigenvalue weighted by Gasteiger charge is -2.10. The first-order valence-electron chi connectivity index (χ1n) is 5.99. The molecule has 1 aliphatic rings. The van der Waals surface area contributed by atoms with Crippen molar-refractivity contribution in [2.75, 3.05) is 0 Å². The number of ketones is 1. The van der Waals surface area contributed by atoms with E-state index < -0.39 is 0 Å². The summed E-state index contributed by atoms with van der Waals surface area (Å²) < 4.78 is 0. The van der Waals surface area contributed by atoms with E-state index in [1.54, 1.807) is 0 Å². The van der Waals surface area contributed by atoms with E-state index in [1.165, 1.54) is 11.1 Å². The van der Waals surface area contributed by atoms with Crippen molar-refractivity contribution in [1.29, 1.82) is 0 Å². The van der Waals surface area contributed by atoms with Crippen molar-refractivity contribution in [2.45, 2.75) is 38.5 Å². The van der Waals surface area contributed by atoms with Gasteiger partial charge in [-0.15, -0.1) is 0 Å². The molecule has 1 aromatic rings. The van der Waals surface area contributed by atoms with Crippen molar-refractivity contribution in [2.24, 2.45) is 0 Å². The summed E-state index contributed by atoms with van der Waals surface area (Å²) in [5.41, 5.74) is 3.65. The Kier molecular flexibility index (Phi) is 3.23. The molecule has 0 saturated carbocycles. The number of Topliss-reactive ketones (excluding diaryl/α,β-unsaturated/α-hetero) is 1. The number of carbonyl (C=O) groups excluding carboxylic acids is 1. The largest absolute Gasteiger partial charge is 0.299 e. The monoisotopic (exact) mass is 214 g/mol. The Bertz CT molecular complexity index is 417. The van der Waals surface area contributed by atoms with Crippen molar-refractivity contribution in [3.63, 3.8) is 0 Å². The number of hydrogen-bond acceptors (Lipinski definition) is 1. The summed E-state index contributed by atoms with van der Waals surface area (Å²) in [7, 11) is 0. The number of aryl methyl sites for hydroxylation is 1. The quantitative estimate of drug-likeness (QED) is 0.699. The van der Waals surface area contributed by atoms with E-state index in [1.807, 2.05) is 6.07 Å². The zero-order chi connectivity index (χ0) is 11.5. The fourth-order valence-electron chi connectivity index (χ4n) is 2.39. The van der Waals surface area contributed by atoms with Gasteiger partial charge in [-0.3, -0.25) is 4.79 Å². The first-order valence-corrected chi connectivity index (χ1v) is 5.99. The van der Waals surface area contributed by atoms with E-state index in [9.17, 15) is 4.79 Å². The first kappa shape index (κ1) is 11.1. The van der Waals surface area contributed by atoms with Crippen LogP contribution >= 0.6 is 0 Å². The third-order valence-corrected chi connectivity index (χ3v) is 3.45. The van der Waals surface area contributed by atoms with Gasteiger partial charge in [0, 0.05) is 12.3 Å². The highest BCUT2D eigenvalue weighted by Crippen LogP contribution is 2.34. The molecule has 0 heterocycles. The summed E-state index contributed by atoms with van der Waals surface area (Å²) in [6, 6.07) is 8.31. The fraction of sp³-hybridized carbons (Fsp3) is 0.400. The minimum absolute atomic E-state index is 0.125. The molecule has 0 spiro atoms. The number of benzene rings is 1. The summed E-state index contributed by atoms with van der Waals surface area (Å²) in [4.78, 5) is 12.1. The molecule has 0 amide bonds. The van der Waals surface area contributed by atoms with Crippen LogP contribution in [0.15, 0.2) is 36.4 Å². The molecule has 1 aromatic carbocycles. The lowest BCUT2D eigenvalue weighted by Crippen LogP contribution is -2.10. The number of hydrogen-bond donors (Lipinski definition) is 0. The summed E-state index contributed by atoms with van der Waals surface area (Å²) in [5.74, 6) is 0.469. The van der Waals surface area contributed by atoms with Gasteiger partial charge in [0.1, 0.15) is 5.78 Å². The number of rotatable bonds is 4. The molecule has 1 heteroatoms. The van der Waals surface area contributed by atoms with Gasteiger partial charge in [-0.2, -0.15) is 0 Å². The Morgan fingerprint density at radius 1 is 1.44 bits per heavy atom. The molecule has 1 aliphatic carbocycles. The van der Waals surface area contributed by atoms with E-state index in [-0.39, 0.29) is 5.92 Å². The molecule has 1 unspecified atom stereocenters. The van der Waals surface area contributed by atoms with Crippen LogP contribution in [0.2, 0.25) is 0 Å². The molecule has 0 radical (unpaired) electrons. The van der Waals surface area contributed by atoms with Gasteiger partial charge in [0.15, 0.2) is 0 Å². The van der Waals surface area contributed by atoms with Crippen molar-refractivity contribution in [3.05, 3.63) is 47.5 Å². The highest BCUT2D eigenvalue weighted by atomic mass is 16.1. The average molecular weight is 214 g/mol. The molecular formula is C15H18O. The van der Waals surface area contributed by atoms with E-state index >= 15 is 0 Å². The maximum atomic E-state index is 12.1. The second-order valence-electron chi connectivity index (χ2n) is 4.54. The van der Waals surface area contributed by atoms with Crippen LogP contribution in [0.25, 0.3) is 0 Å². The Labute approximate surface area is 97.2 Å². The van der Waals surface area contributed by atoms with Crippen molar-refractivity contribution < 1.29 is 4.79 Å². The summed E-state index contributed by atoms with van der Waals surface area (Å²) in [6.45, 7) is 5.97. The average Bonchev–Trinajstić information content (AvgIpc) is 2.72. The van der Waals surface area contributed by atoms with Crippen LogP contribution in [0.5, 0.6) is 0 Å². The third kappa shape index (κ3) is 2.08. The smallest absolute Gasteiger partial charge is 0.144 e. The van der Waals surface area contributed by atoms with Crippen molar-refractivity contribution in [3.8, 4) is 0 Å². The Hall–Kier alpha value is -1.37. The van der Waals surface area contributed by atoms with Gasteiger partial charge in [0.2, 0.25) is 0 Å². The zero-order valence-corrected chi connectivity index (χ0v) is 9.83. The molecule has 0 aliphatic heterocycles. The highest BCUT2D eigenvalue weighted by Gasteiger charge is 2.27. The topological polar surface area (TPSA) is 17.1 Å². The van der Waals surface area contributed by atoms with Crippen LogP contribution in [0.1, 0.15) is 43.2 Å². The fourth-order valence-corrected chi connectivity index (χ4v) is 2.39. The van der Waals surface area contributed by atoms with Crippen LogP contribution in [0.3, 0.4) is 0 Å². The summed E-state index contributed by atoms with van der Waals surface area (Å²) in [6.07, 6.45) is 3.48. The van der Waals surface area contributed by atoms with Crippen LogP contribution < -0.4 is 0 Å². The molecule has 1 nitrogen and oxygen atoms in total. The number of allylic oxidation sites excluding steroid dienone is 1. The summed E-state index contributed by atoms with van der Waals surface area (Å²) >= 11 is 0. The highest BCUT2D eigenvalue weighted by molar-refractivity contribution is 5.88. The van der Waals surface area contributed by atoms with Gasteiger partial charge in [-0.1, -0.05) is 43.3 Å². The van der Waals surface area contributed by atoms with Crippen LogP contribution in [-0.2, 0) is 11.2 Å². The van der Waals surface area contributed by atoms with Crippen molar-refractivity contribution >= 4 is 5.78 Å². The molecular weight excluding hydrogens is 196 g/mol. The van der Waals surface area contributed by atoms with Crippen LogP contribution in [0, 0.1) is 0 Å². The van der Waals surface area contributed by atoms with Gasteiger partial charge >= 0.3 is 0 Å². The minimum Gasteiger partial charge on any atom is -0.299 e. The first-order chi connectivity index (χ1) is 7.72. The third-order valence-electron chi connectivity index (χ3n) is 3.45. The number of carbonyl (C=O) groups is 1. The van der Waals surface area contributed by atoms with Gasteiger partial charge in [-0.25, -0.2) is 0 Å². The maximum absolute atomic E-state index is 12.1. The summed E-state index contributed by atoms with van der Waals surface area (Å²) in [5, 5.41) is 0. The van der Waals surface area contributed by atoms with Crippen LogP contribution in [-0.4, -0.2) is 5.78 Å². The van der Waals surface area contributed by atoms with E-state index in [2.05, 4.69) is 31.7 Å². The van der Waals surface area contributed by atoms with Gasteiger partial charge in [0.25, 0.3) is 0 Å². The number of fused-ring (bicyclic) bond motifs is 1. The molecule has 0 saturated heterocycles. The lowest BCUT2D eigenvalue weighted by molar-refractivity contribution is -0.119. The van der Waals surface area contributed by atoms with Gasteiger partial charge in [-0.05, 0) is 30.4 Å². The predicted octanol–water partition coefficient (Wildman–Crippen LogP) is 3.64. The molecule has 0 aromatic heterocycles. The molecule has 2 rings (SSSR count). The van der Waals surface area contributed by atoms with E-state index in [4.69, 9.17) is 0 Å². The zero-order valence-electron chi connectivity index (χ0n) is 9.83. The van der Waals surface area contributed by atoms with Gasteiger partial charge < -0.3 is 0 Å². The van der Waals surface area contributed by atoms with E-state index in [0.717, 1.165) is 24.8 Å². The lowest BCUT2D eigenvalue weighted by atomic mass is 9.92. The Morgan fingerprint density at radius 3 is 2.94 bits per heavy atom. The Morgan fingerprint density at radius 2 is 2.19 bits per heavy atom. The normalized spacial score (nSPS) is 18.2. The minimum atomic E-state index is 0.125. The van der Waals surface area contributed by atoms with Crippen LogP contribution in [0.4, 0.5) is 0 Å². The van der Waals surface area contributed by atoms with E-state index in [0.29, 0.717) is 12.2 Å². The second-order valence-corrected chi connectivity index (χ2v) is 4.54. The second kappa shape index (κ2) is 4.65. The maximum Gasteiger partial charge on any atom is 0.144 e. The molecule has 16 heavy (non-hydrogen) atoms. The molecule has 0 fully saturated rings. The standard InChI is InChI=1S/C15H18O/c1-3-11(2)10-15(16)14-9-8-12-6-4-5-7-13(12)14/h4-7,14H,2-3,8-10H2,1H3. The molecule has 84 valence electrons.